The van der Waals surface area contributed by atoms with Crippen LogP contribution < -0.4 is 10.0 Å². The van der Waals surface area contributed by atoms with E-state index in [1.165, 1.54) is 43.4 Å². The van der Waals surface area contributed by atoms with Gasteiger partial charge in [0.05, 0.1) is 15.8 Å². The fraction of sp³-hybridized carbons (Fsp3) is 0.235. The normalized spacial score (nSPS) is 13.2. The summed E-state index contributed by atoms with van der Waals surface area (Å²) in [5.74, 6) is -0.433. The topological polar surface area (TPSA) is 109 Å². The zero-order valence-corrected chi connectivity index (χ0v) is 16.2. The van der Waals surface area contributed by atoms with Crippen molar-refractivity contribution >= 4 is 25.8 Å². The van der Waals surface area contributed by atoms with Crippen LogP contribution in [0.1, 0.15) is 28.9 Å². The highest BCUT2D eigenvalue weighted by atomic mass is 32.2. The lowest BCUT2D eigenvalue weighted by Gasteiger charge is -2.15. The molecule has 2 rings (SSSR count). The van der Waals surface area contributed by atoms with Crippen molar-refractivity contribution in [3.63, 3.8) is 0 Å². The molecule has 0 unspecified atom stereocenters. The molecule has 0 heterocycles. The highest BCUT2D eigenvalue weighted by molar-refractivity contribution is 7.90. The van der Waals surface area contributed by atoms with Crippen LogP contribution in [-0.2, 0) is 19.9 Å². The number of hydrogen-bond donors (Lipinski definition) is 2. The molecule has 0 fully saturated rings. The molecule has 0 aromatic heterocycles. The minimum Gasteiger partial charge on any atom is -0.346 e. The van der Waals surface area contributed by atoms with Crippen LogP contribution in [-0.4, -0.2) is 36.0 Å². The van der Waals surface area contributed by atoms with Crippen molar-refractivity contribution in [2.75, 3.05) is 13.3 Å². The van der Waals surface area contributed by atoms with Gasteiger partial charge in [-0.25, -0.2) is 21.6 Å². The van der Waals surface area contributed by atoms with Crippen molar-refractivity contribution in [3.8, 4) is 0 Å². The van der Waals surface area contributed by atoms with E-state index >= 15 is 0 Å². The largest absolute Gasteiger partial charge is 0.346 e. The first-order chi connectivity index (χ1) is 12.0. The van der Waals surface area contributed by atoms with Crippen LogP contribution in [0.4, 0.5) is 0 Å². The van der Waals surface area contributed by atoms with Crippen molar-refractivity contribution in [2.45, 2.75) is 22.8 Å². The highest BCUT2D eigenvalue weighted by Crippen LogP contribution is 2.17. The molecule has 1 atom stereocenters. The molecule has 26 heavy (non-hydrogen) atoms. The Morgan fingerprint density at radius 3 is 2.12 bits per heavy atom. The van der Waals surface area contributed by atoms with E-state index in [0.717, 1.165) is 11.8 Å². The summed E-state index contributed by atoms with van der Waals surface area (Å²) >= 11 is 0. The number of hydrogen-bond acceptors (Lipinski definition) is 5. The molecule has 7 nitrogen and oxygen atoms in total. The van der Waals surface area contributed by atoms with Gasteiger partial charge in [-0.15, -0.1) is 0 Å². The molecule has 0 saturated heterocycles. The fourth-order valence-electron chi connectivity index (χ4n) is 2.29. The van der Waals surface area contributed by atoms with Crippen LogP contribution >= 0.6 is 0 Å². The van der Waals surface area contributed by atoms with Crippen LogP contribution in [0, 0.1) is 0 Å². The number of amides is 1. The molecule has 0 spiro atoms. The van der Waals surface area contributed by atoms with E-state index in [0.29, 0.717) is 0 Å². The smallest absolute Gasteiger partial charge is 0.251 e. The summed E-state index contributed by atoms with van der Waals surface area (Å²) in [7, 11) is -5.63. The zero-order chi connectivity index (χ0) is 19.5. The lowest BCUT2D eigenvalue weighted by Crippen LogP contribution is -2.27. The molecule has 2 N–H and O–H groups in total. The average molecular weight is 396 g/mol. The van der Waals surface area contributed by atoms with Crippen molar-refractivity contribution in [2.24, 2.45) is 0 Å². The highest BCUT2D eigenvalue weighted by Gasteiger charge is 2.16. The third kappa shape index (κ3) is 4.69. The molecular formula is C17H20N2O5S2. The molecule has 1 amide bonds. The molecule has 2 aromatic rings. The minimum absolute atomic E-state index is 0.00203. The Morgan fingerprint density at radius 1 is 0.962 bits per heavy atom. The zero-order valence-electron chi connectivity index (χ0n) is 14.6. The quantitative estimate of drug-likeness (QED) is 0.769. The van der Waals surface area contributed by atoms with Crippen molar-refractivity contribution in [3.05, 3.63) is 59.7 Å². The first-order valence-corrected chi connectivity index (χ1v) is 11.1. The number of carbonyl (C=O) groups is 1. The summed E-state index contributed by atoms with van der Waals surface area (Å²) in [6.07, 6.45) is 1.12. The maximum atomic E-state index is 12.4. The van der Waals surface area contributed by atoms with Crippen LogP contribution in [0.25, 0.3) is 0 Å². The lowest BCUT2D eigenvalue weighted by atomic mass is 10.1. The monoisotopic (exact) mass is 396 g/mol. The molecule has 0 aliphatic rings. The molecule has 0 saturated carbocycles. The first-order valence-electron chi connectivity index (χ1n) is 7.69. The van der Waals surface area contributed by atoms with Crippen LogP contribution in [0.2, 0.25) is 0 Å². The minimum atomic E-state index is -3.64. The van der Waals surface area contributed by atoms with Gasteiger partial charge in [0.25, 0.3) is 5.91 Å². The molecule has 0 bridgehead atoms. The molecule has 9 heteroatoms. The maximum Gasteiger partial charge on any atom is 0.251 e. The van der Waals surface area contributed by atoms with Crippen molar-refractivity contribution < 1.29 is 21.6 Å². The summed E-state index contributed by atoms with van der Waals surface area (Å²) in [5.41, 5.74) is 0.936. The number of rotatable bonds is 6. The second-order valence-corrected chi connectivity index (χ2v) is 9.67. The number of benzene rings is 2. The van der Waals surface area contributed by atoms with Crippen LogP contribution in [0.15, 0.2) is 58.3 Å². The van der Waals surface area contributed by atoms with Crippen LogP contribution in [0.5, 0.6) is 0 Å². The third-order valence-corrected chi connectivity index (χ3v) is 6.37. The number of sulfonamides is 1. The maximum absolute atomic E-state index is 12.4. The van der Waals surface area contributed by atoms with Gasteiger partial charge < -0.3 is 5.32 Å². The predicted molar refractivity (Wildman–Crippen MR) is 98.1 cm³/mol. The molecule has 2 aromatic carbocycles. The summed E-state index contributed by atoms with van der Waals surface area (Å²) in [6.45, 7) is 1.75. The van der Waals surface area contributed by atoms with E-state index in [-0.39, 0.29) is 21.4 Å². The summed E-state index contributed by atoms with van der Waals surface area (Å²) in [4.78, 5) is 12.6. The first kappa shape index (κ1) is 20.1. The Morgan fingerprint density at radius 2 is 1.58 bits per heavy atom. The van der Waals surface area contributed by atoms with Gasteiger partial charge in [-0.05, 0) is 49.9 Å². The molecular weight excluding hydrogens is 376 g/mol. The van der Waals surface area contributed by atoms with E-state index < -0.39 is 25.8 Å². The van der Waals surface area contributed by atoms with E-state index in [4.69, 9.17) is 0 Å². The van der Waals surface area contributed by atoms with E-state index in [1.807, 2.05) is 0 Å². The third-order valence-electron chi connectivity index (χ3n) is 3.83. The Balaban J connectivity index is 2.18. The fourth-order valence-corrected chi connectivity index (χ4v) is 3.70. The van der Waals surface area contributed by atoms with Gasteiger partial charge in [0.15, 0.2) is 9.84 Å². The van der Waals surface area contributed by atoms with Gasteiger partial charge in [-0.1, -0.05) is 18.2 Å². The average Bonchev–Trinajstić information content (AvgIpc) is 2.61. The molecule has 0 aliphatic heterocycles. The van der Waals surface area contributed by atoms with Gasteiger partial charge in [0, 0.05) is 11.8 Å². The van der Waals surface area contributed by atoms with E-state index in [1.54, 1.807) is 19.1 Å². The Labute approximate surface area is 153 Å². The van der Waals surface area contributed by atoms with Gasteiger partial charge in [0.2, 0.25) is 10.0 Å². The SMILES string of the molecule is CNS(=O)(=O)c1cccc(C(=O)N[C@@H](C)c2ccc(S(C)(=O)=O)cc2)c1. The molecule has 140 valence electrons. The van der Waals surface area contributed by atoms with E-state index in [2.05, 4.69) is 10.0 Å². The van der Waals surface area contributed by atoms with Crippen molar-refractivity contribution in [1.82, 2.24) is 10.0 Å². The standard InChI is InChI=1S/C17H20N2O5S2/c1-12(13-7-9-15(10-8-13)25(3,21)22)19-17(20)14-5-4-6-16(11-14)26(23,24)18-2/h4-12,18H,1-3H3,(H,19,20)/t12-/m0/s1. The number of sulfone groups is 1. The second kappa shape index (κ2) is 7.56. The Kier molecular flexibility index (Phi) is 5.84. The molecule has 0 radical (unpaired) electrons. The van der Waals surface area contributed by atoms with Gasteiger partial charge in [0.1, 0.15) is 0 Å². The Hall–Kier alpha value is -2.23. The Bertz CT molecular complexity index is 1010. The number of carbonyl (C=O) groups excluding carboxylic acids is 1. The van der Waals surface area contributed by atoms with Crippen molar-refractivity contribution in [1.29, 1.82) is 0 Å². The van der Waals surface area contributed by atoms with Gasteiger partial charge >= 0.3 is 0 Å². The van der Waals surface area contributed by atoms with E-state index in [9.17, 15) is 21.6 Å². The second-order valence-electron chi connectivity index (χ2n) is 5.77. The number of nitrogens with one attached hydrogen (secondary N) is 2. The molecule has 0 aliphatic carbocycles. The summed E-state index contributed by atoms with van der Waals surface area (Å²) < 4.78 is 48.9. The van der Waals surface area contributed by atoms with Gasteiger partial charge in [-0.3, -0.25) is 4.79 Å². The van der Waals surface area contributed by atoms with Gasteiger partial charge in [-0.2, -0.15) is 0 Å². The predicted octanol–water partition coefficient (Wildman–Crippen LogP) is 1.49. The summed E-state index contributed by atoms with van der Waals surface area (Å²) in [5, 5.41) is 2.76. The lowest BCUT2D eigenvalue weighted by molar-refractivity contribution is 0.0939. The summed E-state index contributed by atoms with van der Waals surface area (Å²) in [6, 6.07) is 11.5. The van der Waals surface area contributed by atoms with Crippen LogP contribution in [0.3, 0.4) is 0 Å².